The van der Waals surface area contributed by atoms with Crippen molar-refractivity contribution in [3.63, 3.8) is 0 Å². The summed E-state index contributed by atoms with van der Waals surface area (Å²) in [6, 6.07) is 15.0. The molecule has 0 saturated heterocycles. The first kappa shape index (κ1) is 15.6. The van der Waals surface area contributed by atoms with Gasteiger partial charge >= 0.3 is 0 Å². The lowest BCUT2D eigenvalue weighted by Crippen LogP contribution is -1.95. The van der Waals surface area contributed by atoms with E-state index in [1.807, 2.05) is 18.6 Å². The minimum absolute atomic E-state index is 0.888. The predicted molar refractivity (Wildman–Crippen MR) is 103 cm³/mol. The van der Waals surface area contributed by atoms with Crippen LogP contribution in [0.4, 0.5) is 0 Å². The largest absolute Gasteiger partial charge is 0.283 e. The molecule has 3 nitrogen and oxygen atoms in total. The fraction of sp³-hybridized carbons (Fsp3) is 0.182. The summed E-state index contributed by atoms with van der Waals surface area (Å²) < 4.78 is 2.06. The molecule has 0 bridgehead atoms. The Kier molecular flexibility index (Phi) is 3.65. The molecule has 0 N–H and O–H groups in total. The first-order valence-electron chi connectivity index (χ1n) is 8.52. The molecule has 2 aromatic carbocycles. The van der Waals surface area contributed by atoms with Gasteiger partial charge in [0.2, 0.25) is 0 Å². The number of fused-ring (bicyclic) bond motifs is 1. The molecule has 2 aromatic heterocycles. The lowest BCUT2D eigenvalue weighted by molar-refractivity contribution is 1.06. The van der Waals surface area contributed by atoms with Crippen molar-refractivity contribution in [3.8, 4) is 16.8 Å². The minimum atomic E-state index is 0.888. The molecule has 4 aromatic rings. The van der Waals surface area contributed by atoms with Gasteiger partial charge in [0.05, 0.1) is 0 Å². The average molecular weight is 327 g/mol. The summed E-state index contributed by atoms with van der Waals surface area (Å²) in [5, 5.41) is 0. The van der Waals surface area contributed by atoms with E-state index in [0.29, 0.717) is 0 Å². The normalized spacial score (nSPS) is 11.2. The van der Waals surface area contributed by atoms with Gasteiger partial charge in [-0.15, -0.1) is 0 Å². The molecule has 0 amide bonds. The summed E-state index contributed by atoms with van der Waals surface area (Å²) in [6.07, 6.45) is 3.73. The Bertz CT molecular complexity index is 1090. The Balaban J connectivity index is 1.91. The first-order valence-corrected chi connectivity index (χ1v) is 8.52. The van der Waals surface area contributed by atoms with Crippen molar-refractivity contribution in [1.29, 1.82) is 0 Å². The molecule has 0 fully saturated rings. The zero-order valence-corrected chi connectivity index (χ0v) is 15.0. The second kappa shape index (κ2) is 5.85. The number of imidazole rings is 1. The molecule has 0 spiro atoms. The summed E-state index contributed by atoms with van der Waals surface area (Å²) in [4.78, 5) is 9.27. The van der Waals surface area contributed by atoms with Crippen LogP contribution >= 0.6 is 0 Å². The van der Waals surface area contributed by atoms with Crippen molar-refractivity contribution in [2.75, 3.05) is 0 Å². The lowest BCUT2D eigenvalue weighted by Gasteiger charge is -2.08. The highest BCUT2D eigenvalue weighted by molar-refractivity contribution is 5.90. The molecule has 2 heterocycles. The van der Waals surface area contributed by atoms with E-state index in [4.69, 9.17) is 0 Å². The Labute approximate surface area is 148 Å². The number of aromatic nitrogens is 3. The van der Waals surface area contributed by atoms with Crippen molar-refractivity contribution >= 4 is 11.2 Å². The second-order valence-corrected chi connectivity index (χ2v) is 6.71. The molecule has 0 saturated carbocycles. The van der Waals surface area contributed by atoms with E-state index in [9.17, 15) is 0 Å². The predicted octanol–water partition coefficient (Wildman–Crippen LogP) is 5.32. The van der Waals surface area contributed by atoms with Gasteiger partial charge in [-0.25, -0.2) is 9.97 Å². The molecule has 0 aliphatic heterocycles. The summed E-state index contributed by atoms with van der Waals surface area (Å²) in [5.41, 5.74) is 10.4. The average Bonchev–Trinajstić information content (AvgIpc) is 3.04. The van der Waals surface area contributed by atoms with Gasteiger partial charge in [-0.05, 0) is 73.7 Å². The molecule has 124 valence electrons. The Morgan fingerprint density at radius 3 is 2.16 bits per heavy atom. The van der Waals surface area contributed by atoms with Crippen LogP contribution < -0.4 is 0 Å². The fourth-order valence-corrected chi connectivity index (χ4v) is 3.12. The summed E-state index contributed by atoms with van der Waals surface area (Å²) in [7, 11) is 0. The Hall–Kier alpha value is -2.94. The van der Waals surface area contributed by atoms with Crippen molar-refractivity contribution in [2.24, 2.45) is 0 Å². The van der Waals surface area contributed by atoms with Crippen LogP contribution in [-0.4, -0.2) is 14.5 Å². The van der Waals surface area contributed by atoms with E-state index in [0.717, 1.165) is 22.4 Å². The Morgan fingerprint density at radius 2 is 1.44 bits per heavy atom. The SMILES string of the molecule is Cc1ccc(-c2ccnc3c2ncn3-c2ccc(C)c(C)c2)cc1C. The second-order valence-electron chi connectivity index (χ2n) is 6.71. The van der Waals surface area contributed by atoms with Gasteiger partial charge in [-0.2, -0.15) is 0 Å². The number of nitrogens with zero attached hydrogens (tertiary/aromatic N) is 3. The van der Waals surface area contributed by atoms with Crippen LogP contribution in [0.15, 0.2) is 55.0 Å². The third kappa shape index (κ3) is 2.62. The Morgan fingerprint density at radius 1 is 0.720 bits per heavy atom. The monoisotopic (exact) mass is 327 g/mol. The van der Waals surface area contributed by atoms with Crippen molar-refractivity contribution in [1.82, 2.24) is 14.5 Å². The number of hydrogen-bond donors (Lipinski definition) is 0. The van der Waals surface area contributed by atoms with Gasteiger partial charge in [-0.1, -0.05) is 24.3 Å². The van der Waals surface area contributed by atoms with E-state index in [1.165, 1.54) is 27.8 Å². The zero-order chi connectivity index (χ0) is 17.6. The van der Waals surface area contributed by atoms with Gasteiger partial charge in [0.15, 0.2) is 5.65 Å². The van der Waals surface area contributed by atoms with Crippen LogP contribution in [0, 0.1) is 27.7 Å². The third-order valence-electron chi connectivity index (χ3n) is 5.02. The highest BCUT2D eigenvalue weighted by atomic mass is 15.1. The zero-order valence-electron chi connectivity index (χ0n) is 15.0. The maximum absolute atomic E-state index is 4.68. The van der Waals surface area contributed by atoms with Crippen LogP contribution in [0.25, 0.3) is 28.0 Å². The van der Waals surface area contributed by atoms with Crippen LogP contribution in [0.1, 0.15) is 22.3 Å². The molecule has 3 heteroatoms. The summed E-state index contributed by atoms with van der Waals surface area (Å²) in [5.74, 6) is 0. The van der Waals surface area contributed by atoms with Crippen molar-refractivity contribution in [3.05, 3.63) is 77.2 Å². The number of aryl methyl sites for hydroxylation is 4. The number of rotatable bonds is 2. The maximum Gasteiger partial charge on any atom is 0.165 e. The number of hydrogen-bond acceptors (Lipinski definition) is 2. The highest BCUT2D eigenvalue weighted by Crippen LogP contribution is 2.29. The van der Waals surface area contributed by atoms with Crippen LogP contribution in [0.5, 0.6) is 0 Å². The smallest absolute Gasteiger partial charge is 0.165 e. The molecular formula is C22H21N3. The summed E-state index contributed by atoms with van der Waals surface area (Å²) >= 11 is 0. The molecule has 0 unspecified atom stereocenters. The van der Waals surface area contributed by atoms with Crippen molar-refractivity contribution in [2.45, 2.75) is 27.7 Å². The van der Waals surface area contributed by atoms with Crippen LogP contribution in [0.3, 0.4) is 0 Å². The van der Waals surface area contributed by atoms with E-state index in [2.05, 4.69) is 78.6 Å². The highest BCUT2D eigenvalue weighted by Gasteiger charge is 2.12. The van der Waals surface area contributed by atoms with E-state index in [1.54, 1.807) is 0 Å². The van der Waals surface area contributed by atoms with E-state index < -0.39 is 0 Å². The van der Waals surface area contributed by atoms with Crippen LogP contribution in [-0.2, 0) is 0 Å². The standard InChI is InChI=1S/C22H21N3/c1-14-5-7-18(11-16(14)3)20-9-10-23-22-21(20)24-13-25(22)19-8-6-15(2)17(4)12-19/h5-13H,1-4H3. The quantitative estimate of drug-likeness (QED) is 0.499. The van der Waals surface area contributed by atoms with E-state index >= 15 is 0 Å². The minimum Gasteiger partial charge on any atom is -0.283 e. The van der Waals surface area contributed by atoms with Gasteiger partial charge in [0.1, 0.15) is 11.8 Å². The molecule has 0 aliphatic carbocycles. The molecule has 25 heavy (non-hydrogen) atoms. The molecule has 0 atom stereocenters. The molecule has 4 rings (SSSR count). The number of benzene rings is 2. The molecule has 0 aliphatic rings. The lowest BCUT2D eigenvalue weighted by atomic mass is 10.0. The van der Waals surface area contributed by atoms with Gasteiger partial charge in [0, 0.05) is 17.4 Å². The number of pyridine rings is 1. The van der Waals surface area contributed by atoms with Crippen molar-refractivity contribution < 1.29 is 0 Å². The van der Waals surface area contributed by atoms with Gasteiger partial charge in [-0.3, -0.25) is 4.57 Å². The molecular weight excluding hydrogens is 306 g/mol. The first-order chi connectivity index (χ1) is 12.0. The molecule has 0 radical (unpaired) electrons. The third-order valence-corrected chi connectivity index (χ3v) is 5.02. The fourth-order valence-electron chi connectivity index (χ4n) is 3.12. The summed E-state index contributed by atoms with van der Waals surface area (Å²) in [6.45, 7) is 8.54. The van der Waals surface area contributed by atoms with Gasteiger partial charge in [0.25, 0.3) is 0 Å². The topological polar surface area (TPSA) is 30.7 Å². The maximum atomic E-state index is 4.68. The van der Waals surface area contributed by atoms with Gasteiger partial charge < -0.3 is 0 Å². The van der Waals surface area contributed by atoms with E-state index in [-0.39, 0.29) is 0 Å². The van der Waals surface area contributed by atoms with Crippen LogP contribution in [0.2, 0.25) is 0 Å².